The molecule has 1 atom stereocenters. The molecule has 30 heavy (non-hydrogen) atoms. The summed E-state index contributed by atoms with van der Waals surface area (Å²) in [5.74, 6) is 0.484. The summed E-state index contributed by atoms with van der Waals surface area (Å²) in [5, 5.41) is 5.67. The van der Waals surface area contributed by atoms with E-state index in [1.54, 1.807) is 60.8 Å². The third-order valence-electron chi connectivity index (χ3n) is 4.50. The quantitative estimate of drug-likeness (QED) is 0.605. The van der Waals surface area contributed by atoms with Crippen LogP contribution in [0.4, 0.5) is 5.69 Å². The Morgan fingerprint density at radius 2 is 1.63 bits per heavy atom. The van der Waals surface area contributed by atoms with Crippen molar-refractivity contribution in [3.63, 3.8) is 0 Å². The van der Waals surface area contributed by atoms with Gasteiger partial charge in [-0.05, 0) is 54.8 Å². The fourth-order valence-electron chi connectivity index (χ4n) is 2.81. The van der Waals surface area contributed by atoms with Crippen molar-refractivity contribution in [3.05, 3.63) is 84.1 Å². The van der Waals surface area contributed by atoms with E-state index in [9.17, 15) is 9.59 Å². The number of pyridine rings is 1. The van der Waals surface area contributed by atoms with Crippen LogP contribution in [0.15, 0.2) is 72.9 Å². The Hall–Kier alpha value is -3.67. The molecule has 0 saturated carbocycles. The maximum Gasteiger partial charge on any atom is 0.251 e. The molecule has 1 heterocycles. The Bertz CT molecular complexity index is 984. The maximum atomic E-state index is 12.8. The molecule has 0 bridgehead atoms. The first kappa shape index (κ1) is 21.0. The molecule has 2 N–H and O–H groups in total. The largest absolute Gasteiger partial charge is 0.439 e. The minimum Gasteiger partial charge on any atom is -0.439 e. The molecular weight excluding hydrogens is 378 g/mol. The molecule has 3 aromatic rings. The van der Waals surface area contributed by atoms with Gasteiger partial charge in [0.25, 0.3) is 5.91 Å². The number of nitrogens with zero attached hydrogens (tertiary/aromatic N) is 1. The van der Waals surface area contributed by atoms with Gasteiger partial charge in [-0.2, -0.15) is 0 Å². The molecule has 0 radical (unpaired) electrons. The molecule has 1 aromatic heterocycles. The fraction of sp³-hybridized carbons (Fsp3) is 0.208. The van der Waals surface area contributed by atoms with Gasteiger partial charge in [0.1, 0.15) is 11.8 Å². The van der Waals surface area contributed by atoms with E-state index in [1.165, 1.54) is 0 Å². The van der Waals surface area contributed by atoms with Gasteiger partial charge in [0.2, 0.25) is 11.8 Å². The number of aryl methyl sites for hydroxylation is 1. The summed E-state index contributed by atoms with van der Waals surface area (Å²) in [7, 11) is 0. The summed E-state index contributed by atoms with van der Waals surface area (Å²) in [6.07, 6.45) is 1.74. The van der Waals surface area contributed by atoms with Crippen molar-refractivity contribution in [1.29, 1.82) is 0 Å². The van der Waals surface area contributed by atoms with Crippen LogP contribution in [0.3, 0.4) is 0 Å². The van der Waals surface area contributed by atoms with Gasteiger partial charge in [0.05, 0.1) is 0 Å². The van der Waals surface area contributed by atoms with Crippen molar-refractivity contribution < 1.29 is 14.3 Å². The number of carbonyl (C=O) groups excluding carboxylic acids is 2. The van der Waals surface area contributed by atoms with Crippen molar-refractivity contribution in [3.8, 4) is 11.6 Å². The molecule has 6 nitrogen and oxygen atoms in total. The average Bonchev–Trinajstić information content (AvgIpc) is 2.75. The van der Waals surface area contributed by atoms with Gasteiger partial charge in [-0.25, -0.2) is 4.98 Å². The topological polar surface area (TPSA) is 80.3 Å². The van der Waals surface area contributed by atoms with Gasteiger partial charge in [-0.3, -0.25) is 9.59 Å². The van der Waals surface area contributed by atoms with Crippen molar-refractivity contribution >= 4 is 17.5 Å². The molecule has 2 amide bonds. The van der Waals surface area contributed by atoms with Crippen LogP contribution in [0.1, 0.15) is 29.8 Å². The van der Waals surface area contributed by atoms with Gasteiger partial charge in [-0.15, -0.1) is 0 Å². The Morgan fingerprint density at radius 3 is 2.23 bits per heavy atom. The Labute approximate surface area is 176 Å². The first-order valence-corrected chi connectivity index (χ1v) is 9.80. The summed E-state index contributed by atoms with van der Waals surface area (Å²) in [5.41, 5.74) is 2.19. The SMILES string of the molecule is Cc1ccc(Oc2ccc(NC(=O)C(NC(=O)c3ccccc3)C(C)C)cc2)nc1. The van der Waals surface area contributed by atoms with Gasteiger partial charge < -0.3 is 15.4 Å². The summed E-state index contributed by atoms with van der Waals surface area (Å²) >= 11 is 0. The lowest BCUT2D eigenvalue weighted by Crippen LogP contribution is -2.47. The van der Waals surface area contributed by atoms with E-state index in [-0.39, 0.29) is 17.7 Å². The van der Waals surface area contributed by atoms with Crippen LogP contribution in [0.25, 0.3) is 0 Å². The molecule has 0 aliphatic carbocycles. The highest BCUT2D eigenvalue weighted by atomic mass is 16.5. The first-order chi connectivity index (χ1) is 14.4. The standard InChI is InChI=1S/C24H25N3O3/c1-16(2)22(27-23(28)18-7-5-4-6-8-18)24(29)26-19-10-12-20(13-11-19)30-21-14-9-17(3)15-25-21/h4-16,22H,1-3H3,(H,26,29)(H,27,28). The lowest BCUT2D eigenvalue weighted by Gasteiger charge is -2.22. The minimum atomic E-state index is -0.662. The average molecular weight is 403 g/mol. The predicted molar refractivity (Wildman–Crippen MR) is 117 cm³/mol. The maximum absolute atomic E-state index is 12.8. The lowest BCUT2D eigenvalue weighted by molar-refractivity contribution is -0.118. The van der Waals surface area contributed by atoms with E-state index >= 15 is 0 Å². The molecule has 6 heteroatoms. The number of carbonyl (C=O) groups is 2. The highest BCUT2D eigenvalue weighted by Gasteiger charge is 2.24. The van der Waals surface area contributed by atoms with E-state index in [4.69, 9.17) is 4.74 Å². The predicted octanol–water partition coefficient (Wildman–Crippen LogP) is 4.58. The number of nitrogens with one attached hydrogen (secondary N) is 2. The van der Waals surface area contributed by atoms with Crippen LogP contribution in [0.5, 0.6) is 11.6 Å². The van der Waals surface area contributed by atoms with E-state index < -0.39 is 6.04 Å². The molecule has 0 saturated heterocycles. The van der Waals surface area contributed by atoms with Crippen LogP contribution in [-0.2, 0) is 4.79 Å². The highest BCUT2D eigenvalue weighted by molar-refractivity contribution is 6.01. The Balaban J connectivity index is 1.62. The molecule has 3 rings (SSSR count). The monoisotopic (exact) mass is 403 g/mol. The van der Waals surface area contributed by atoms with Gasteiger partial charge >= 0.3 is 0 Å². The van der Waals surface area contributed by atoms with E-state index in [2.05, 4.69) is 15.6 Å². The second kappa shape index (κ2) is 9.69. The second-order valence-corrected chi connectivity index (χ2v) is 7.35. The second-order valence-electron chi connectivity index (χ2n) is 7.35. The number of hydrogen-bond donors (Lipinski definition) is 2. The highest BCUT2D eigenvalue weighted by Crippen LogP contribution is 2.22. The molecule has 1 unspecified atom stereocenters. The molecule has 154 valence electrons. The summed E-state index contributed by atoms with van der Waals surface area (Å²) < 4.78 is 5.70. The van der Waals surface area contributed by atoms with E-state index in [0.29, 0.717) is 22.9 Å². The number of aromatic nitrogens is 1. The number of hydrogen-bond acceptors (Lipinski definition) is 4. The number of ether oxygens (including phenoxy) is 1. The van der Waals surface area contributed by atoms with Gasteiger partial charge in [0.15, 0.2) is 0 Å². The third-order valence-corrected chi connectivity index (χ3v) is 4.50. The zero-order chi connectivity index (χ0) is 21.5. The van der Waals surface area contributed by atoms with Crippen LogP contribution >= 0.6 is 0 Å². The Morgan fingerprint density at radius 1 is 0.933 bits per heavy atom. The summed E-state index contributed by atoms with van der Waals surface area (Å²) in [4.78, 5) is 29.4. The fourth-order valence-corrected chi connectivity index (χ4v) is 2.81. The van der Waals surface area contributed by atoms with Crippen molar-refractivity contribution in [2.75, 3.05) is 5.32 Å². The Kier molecular flexibility index (Phi) is 6.80. The van der Waals surface area contributed by atoms with Crippen LogP contribution in [0.2, 0.25) is 0 Å². The van der Waals surface area contributed by atoms with Gasteiger partial charge in [-0.1, -0.05) is 38.1 Å². The van der Waals surface area contributed by atoms with E-state index in [0.717, 1.165) is 5.56 Å². The van der Waals surface area contributed by atoms with Crippen LogP contribution in [0, 0.1) is 12.8 Å². The lowest BCUT2D eigenvalue weighted by atomic mass is 10.0. The summed E-state index contributed by atoms with van der Waals surface area (Å²) in [6, 6.07) is 18.9. The van der Waals surface area contributed by atoms with E-state index in [1.807, 2.05) is 32.9 Å². The van der Waals surface area contributed by atoms with Crippen molar-refractivity contribution in [2.45, 2.75) is 26.8 Å². The third kappa shape index (κ3) is 5.67. The van der Waals surface area contributed by atoms with Crippen LogP contribution < -0.4 is 15.4 Å². The van der Waals surface area contributed by atoms with Crippen molar-refractivity contribution in [1.82, 2.24) is 10.3 Å². The number of amides is 2. The smallest absolute Gasteiger partial charge is 0.251 e. The normalized spacial score (nSPS) is 11.6. The van der Waals surface area contributed by atoms with Crippen LogP contribution in [-0.4, -0.2) is 22.8 Å². The summed E-state index contributed by atoms with van der Waals surface area (Å²) in [6.45, 7) is 5.74. The number of rotatable bonds is 7. The molecule has 0 aliphatic rings. The zero-order valence-corrected chi connectivity index (χ0v) is 17.3. The number of benzene rings is 2. The first-order valence-electron chi connectivity index (χ1n) is 9.80. The zero-order valence-electron chi connectivity index (χ0n) is 17.3. The number of anilines is 1. The van der Waals surface area contributed by atoms with Gasteiger partial charge in [0, 0.05) is 23.5 Å². The molecular formula is C24H25N3O3. The van der Waals surface area contributed by atoms with Crippen molar-refractivity contribution in [2.24, 2.45) is 5.92 Å². The molecule has 0 aliphatic heterocycles. The minimum absolute atomic E-state index is 0.0760. The molecule has 0 fully saturated rings. The molecule has 0 spiro atoms. The molecule has 2 aromatic carbocycles.